The summed E-state index contributed by atoms with van der Waals surface area (Å²) in [6, 6.07) is 25.1. The van der Waals surface area contributed by atoms with Crippen LogP contribution in [0.5, 0.6) is 5.75 Å². The Morgan fingerprint density at radius 3 is 2.57 bits per heavy atom. The first-order valence-electron chi connectivity index (χ1n) is 12.5. The van der Waals surface area contributed by atoms with E-state index in [-0.39, 0.29) is 28.8 Å². The Bertz CT molecular complexity index is 1570. The fraction of sp³-hybridized carbons (Fsp3) is 0.258. The van der Waals surface area contributed by atoms with Crippen molar-refractivity contribution in [3.63, 3.8) is 0 Å². The highest BCUT2D eigenvalue weighted by Gasteiger charge is 2.21. The van der Waals surface area contributed by atoms with Crippen LogP contribution >= 0.6 is 0 Å². The van der Waals surface area contributed by atoms with Gasteiger partial charge in [0.25, 0.3) is 0 Å². The molecule has 0 aliphatic carbocycles. The number of carbonyl (C=O) groups excluding carboxylic acids is 1. The molecule has 190 valence electrons. The monoisotopic (exact) mass is 513 g/mol. The number of nitrogens with one attached hydrogen (secondary N) is 1. The summed E-state index contributed by atoms with van der Waals surface area (Å²) >= 11 is 0. The Labute approximate surface area is 218 Å². The third kappa shape index (κ3) is 5.45. The zero-order valence-electron chi connectivity index (χ0n) is 21.2. The van der Waals surface area contributed by atoms with Gasteiger partial charge in [-0.15, -0.1) is 0 Å². The molecule has 0 spiro atoms. The first kappa shape index (κ1) is 25.2. The quantitative estimate of drug-likeness (QED) is 0.309. The van der Waals surface area contributed by atoms with E-state index in [1.165, 1.54) is 12.7 Å². The molecule has 4 aromatic carbocycles. The summed E-state index contributed by atoms with van der Waals surface area (Å²) in [6.45, 7) is 3.65. The molecule has 5 nitrogen and oxygen atoms in total. The van der Waals surface area contributed by atoms with E-state index in [4.69, 9.17) is 4.74 Å². The molecule has 1 atom stereocenters. The number of rotatable bonds is 9. The van der Waals surface area contributed by atoms with Gasteiger partial charge >= 0.3 is 0 Å². The Morgan fingerprint density at radius 2 is 1.73 bits per heavy atom. The minimum Gasteiger partial charge on any atom is -0.496 e. The summed E-state index contributed by atoms with van der Waals surface area (Å²) in [6.07, 6.45) is 0.584. The lowest BCUT2D eigenvalue weighted by atomic mass is 9.90. The maximum atomic E-state index is 13.2. The zero-order valence-corrected chi connectivity index (χ0v) is 22.0. The maximum absolute atomic E-state index is 13.2. The highest BCUT2D eigenvalue weighted by atomic mass is 32.2. The molecule has 0 radical (unpaired) electrons. The molecule has 4 aromatic rings. The largest absolute Gasteiger partial charge is 0.496 e. The number of carbonyl (C=O) groups is 1. The van der Waals surface area contributed by atoms with E-state index in [0.29, 0.717) is 17.7 Å². The highest BCUT2D eigenvalue weighted by Crippen LogP contribution is 2.30. The third-order valence-corrected chi connectivity index (χ3v) is 8.84. The predicted octanol–water partition coefficient (Wildman–Crippen LogP) is 5.73. The van der Waals surface area contributed by atoms with Crippen LogP contribution in [0.2, 0.25) is 0 Å². The fourth-order valence-corrected chi connectivity index (χ4v) is 6.57. The van der Waals surface area contributed by atoms with Crippen LogP contribution in [0.15, 0.2) is 83.8 Å². The van der Waals surface area contributed by atoms with Gasteiger partial charge in [-0.05, 0) is 51.1 Å². The number of hydrogen-bond acceptors (Lipinski definition) is 5. The second-order valence-corrected chi connectivity index (χ2v) is 11.8. The molecule has 1 aliphatic heterocycles. The molecule has 0 aromatic heterocycles. The van der Waals surface area contributed by atoms with Gasteiger partial charge in [-0.1, -0.05) is 73.7 Å². The number of fused-ring (bicyclic) bond motifs is 2. The molecule has 5 rings (SSSR count). The molecule has 1 heterocycles. The molecule has 0 saturated heterocycles. The normalized spacial score (nSPS) is 13.9. The Hall–Kier alpha value is -3.48. The average molecular weight is 514 g/mol. The predicted molar refractivity (Wildman–Crippen MR) is 147 cm³/mol. The van der Waals surface area contributed by atoms with Gasteiger partial charge in [0.05, 0.1) is 17.8 Å². The van der Waals surface area contributed by atoms with E-state index in [0.717, 1.165) is 40.6 Å². The summed E-state index contributed by atoms with van der Waals surface area (Å²) in [7, 11) is -2.06. The Balaban J connectivity index is 1.30. The number of hydrogen-bond donors (Lipinski definition) is 1. The number of benzene rings is 4. The summed E-state index contributed by atoms with van der Waals surface area (Å²) in [5.74, 6) is 0.489. The van der Waals surface area contributed by atoms with Gasteiger partial charge in [0, 0.05) is 31.5 Å². The minimum absolute atomic E-state index is 0.0618. The maximum Gasteiger partial charge on any atom is 0.182 e. The van der Waals surface area contributed by atoms with Crippen LogP contribution in [0.1, 0.15) is 47.1 Å². The van der Waals surface area contributed by atoms with E-state index in [1.807, 2.05) is 36.4 Å². The molecule has 1 N–H and O–H groups in total. The lowest BCUT2D eigenvalue weighted by Crippen LogP contribution is -2.10. The van der Waals surface area contributed by atoms with Gasteiger partial charge in [0.1, 0.15) is 11.5 Å². The molecule has 0 saturated carbocycles. The highest BCUT2D eigenvalue weighted by molar-refractivity contribution is 7.90. The SMILES string of the molecule is COc1cc(S(=O)(=O)Cc2ccc3c(c2)CNC3)ccc1CC(=O)CC(C)c1cccc2ccccc12. The second-order valence-electron chi connectivity index (χ2n) is 9.83. The molecule has 6 heteroatoms. The molecule has 1 aliphatic rings. The van der Waals surface area contributed by atoms with Gasteiger partial charge in [-0.25, -0.2) is 8.42 Å². The Kier molecular flexibility index (Phi) is 7.13. The van der Waals surface area contributed by atoms with Crippen LogP contribution in [0.3, 0.4) is 0 Å². The smallest absolute Gasteiger partial charge is 0.182 e. The minimum atomic E-state index is -3.57. The number of ketones is 1. The average Bonchev–Trinajstić information content (AvgIpc) is 3.36. The summed E-state index contributed by atoms with van der Waals surface area (Å²) in [5, 5.41) is 5.61. The molecular weight excluding hydrogens is 482 g/mol. The molecule has 0 fully saturated rings. The molecule has 37 heavy (non-hydrogen) atoms. The van der Waals surface area contributed by atoms with Crippen molar-refractivity contribution in [2.45, 2.75) is 49.4 Å². The topological polar surface area (TPSA) is 72.5 Å². The number of ether oxygens (including phenoxy) is 1. The van der Waals surface area contributed by atoms with Crippen molar-refractivity contribution in [2.75, 3.05) is 7.11 Å². The summed E-state index contributed by atoms with van der Waals surface area (Å²) in [5.41, 5.74) is 4.98. The van der Waals surface area contributed by atoms with Crippen molar-refractivity contribution >= 4 is 26.4 Å². The van der Waals surface area contributed by atoms with Crippen molar-refractivity contribution in [1.29, 1.82) is 0 Å². The fourth-order valence-electron chi connectivity index (χ4n) is 5.22. The van der Waals surface area contributed by atoms with Crippen LogP contribution in [-0.2, 0) is 39.9 Å². The van der Waals surface area contributed by atoms with E-state index < -0.39 is 9.84 Å². The summed E-state index contributed by atoms with van der Waals surface area (Å²) in [4.78, 5) is 13.2. The van der Waals surface area contributed by atoms with Crippen molar-refractivity contribution in [3.05, 3.63) is 107 Å². The molecule has 0 bridgehead atoms. The van der Waals surface area contributed by atoms with Gasteiger partial charge in [-0.2, -0.15) is 0 Å². The second kappa shape index (κ2) is 10.5. The molecule has 1 unspecified atom stereocenters. The molecule has 0 amide bonds. The van der Waals surface area contributed by atoms with Crippen LogP contribution < -0.4 is 10.1 Å². The molecular formula is C31H31NO4S. The number of sulfone groups is 1. The van der Waals surface area contributed by atoms with Gasteiger partial charge in [0.15, 0.2) is 9.84 Å². The van der Waals surface area contributed by atoms with Crippen molar-refractivity contribution in [3.8, 4) is 5.75 Å². The van der Waals surface area contributed by atoms with Gasteiger partial charge in [-0.3, -0.25) is 4.79 Å². The van der Waals surface area contributed by atoms with Crippen molar-refractivity contribution < 1.29 is 17.9 Å². The van der Waals surface area contributed by atoms with E-state index >= 15 is 0 Å². The van der Waals surface area contributed by atoms with E-state index in [1.54, 1.807) is 18.2 Å². The number of Topliss-reactive ketones (excluding diaryl/α,β-unsaturated/α-hetero) is 1. The van der Waals surface area contributed by atoms with Crippen molar-refractivity contribution in [1.82, 2.24) is 5.32 Å². The first-order chi connectivity index (χ1) is 17.8. The number of methoxy groups -OCH3 is 1. The van der Waals surface area contributed by atoms with E-state index in [9.17, 15) is 13.2 Å². The zero-order chi connectivity index (χ0) is 26.0. The van der Waals surface area contributed by atoms with Gasteiger partial charge < -0.3 is 10.1 Å². The van der Waals surface area contributed by atoms with Crippen LogP contribution in [-0.4, -0.2) is 21.3 Å². The Morgan fingerprint density at radius 1 is 0.946 bits per heavy atom. The van der Waals surface area contributed by atoms with Crippen LogP contribution in [0.25, 0.3) is 10.8 Å². The van der Waals surface area contributed by atoms with Crippen LogP contribution in [0, 0.1) is 0 Å². The third-order valence-electron chi connectivity index (χ3n) is 7.15. The van der Waals surface area contributed by atoms with E-state index in [2.05, 4.69) is 36.5 Å². The van der Waals surface area contributed by atoms with Crippen LogP contribution in [0.4, 0.5) is 0 Å². The standard InChI is InChI=1S/C31H31NO4S/c1-21(29-9-5-7-23-6-3-4-8-30(23)29)14-27(33)16-24-12-13-28(17-31(24)36-2)37(34,35)20-22-10-11-25-18-32-19-26(25)15-22/h3-13,15,17,21,32H,14,16,18-20H2,1-2H3. The lowest BCUT2D eigenvalue weighted by Gasteiger charge is -2.15. The van der Waals surface area contributed by atoms with Crippen molar-refractivity contribution in [2.24, 2.45) is 0 Å². The first-order valence-corrected chi connectivity index (χ1v) is 14.2. The lowest BCUT2D eigenvalue weighted by molar-refractivity contribution is -0.118. The van der Waals surface area contributed by atoms with Gasteiger partial charge in [0.2, 0.25) is 0 Å². The summed E-state index contributed by atoms with van der Waals surface area (Å²) < 4.78 is 31.9.